The topological polar surface area (TPSA) is 101 Å². The maximum absolute atomic E-state index is 13.2. The molecule has 4 N–H and O–H groups in total. The number of rotatable bonds is 7. The molecule has 0 heterocycles. The predicted molar refractivity (Wildman–Crippen MR) is 102 cm³/mol. The smallest absolute Gasteiger partial charge is 0.368 e. The number of benzene rings is 2. The summed E-state index contributed by atoms with van der Waals surface area (Å²) in [7, 11) is 0. The molecule has 2 aromatic carbocycles. The van der Waals surface area contributed by atoms with Crippen LogP contribution in [-0.2, 0) is 22.3 Å². The van der Waals surface area contributed by atoms with Crippen LogP contribution in [0.25, 0.3) is 0 Å². The number of hydrogen-bond donors (Lipinski definition) is 3. The van der Waals surface area contributed by atoms with Crippen LogP contribution in [-0.4, -0.2) is 24.3 Å². The first kappa shape index (κ1) is 21.4. The van der Waals surface area contributed by atoms with Gasteiger partial charge in [-0.3, -0.25) is 14.4 Å². The molecule has 2 atom stereocenters. The molecule has 1 aliphatic rings. The lowest BCUT2D eigenvalue weighted by Crippen LogP contribution is -2.33. The second kappa shape index (κ2) is 8.56. The second-order valence-corrected chi connectivity index (χ2v) is 7.10. The zero-order valence-electron chi connectivity index (χ0n) is 15.8. The van der Waals surface area contributed by atoms with E-state index in [1.807, 2.05) is 0 Å². The quantitative estimate of drug-likeness (QED) is 0.642. The molecule has 6 nitrogen and oxygen atoms in total. The molecule has 3 rings (SSSR count). The van der Waals surface area contributed by atoms with Crippen LogP contribution in [0, 0.1) is 5.92 Å². The van der Waals surface area contributed by atoms with Crippen LogP contribution in [0.1, 0.15) is 39.4 Å². The fourth-order valence-corrected chi connectivity index (χ4v) is 3.27. The number of amides is 3. The molecule has 1 saturated carbocycles. The monoisotopic (exact) mass is 419 g/mol. The Bertz CT molecular complexity index is 958. The lowest BCUT2D eigenvalue weighted by Gasteiger charge is -2.12. The Morgan fingerprint density at radius 2 is 1.67 bits per heavy atom. The van der Waals surface area contributed by atoms with Crippen molar-refractivity contribution < 1.29 is 27.6 Å². The van der Waals surface area contributed by atoms with Crippen LogP contribution in [0.2, 0.25) is 0 Å². The van der Waals surface area contributed by atoms with Crippen molar-refractivity contribution in [1.82, 2.24) is 10.6 Å². The van der Waals surface area contributed by atoms with Crippen LogP contribution >= 0.6 is 0 Å². The number of hydrogen-bond acceptors (Lipinski definition) is 3. The van der Waals surface area contributed by atoms with Crippen LogP contribution in [0.5, 0.6) is 0 Å². The van der Waals surface area contributed by atoms with Gasteiger partial charge in [-0.1, -0.05) is 30.3 Å². The Morgan fingerprint density at radius 3 is 2.30 bits per heavy atom. The van der Waals surface area contributed by atoms with E-state index >= 15 is 0 Å². The Hall–Kier alpha value is -3.36. The number of carbonyl (C=O) groups is 3. The molecular formula is C21H20F3N3O3. The van der Waals surface area contributed by atoms with Gasteiger partial charge in [-0.05, 0) is 41.7 Å². The number of nitrogens with one attached hydrogen (secondary N) is 2. The molecule has 3 amide bonds. The third kappa shape index (κ3) is 5.16. The van der Waals surface area contributed by atoms with Crippen molar-refractivity contribution >= 4 is 17.7 Å². The van der Waals surface area contributed by atoms with Crippen molar-refractivity contribution in [2.24, 2.45) is 11.7 Å². The molecule has 0 aliphatic heterocycles. The molecule has 1 aliphatic carbocycles. The van der Waals surface area contributed by atoms with Gasteiger partial charge in [0.25, 0.3) is 5.91 Å². The Morgan fingerprint density at radius 1 is 1.00 bits per heavy atom. The van der Waals surface area contributed by atoms with E-state index in [0.717, 1.165) is 11.6 Å². The van der Waals surface area contributed by atoms with Gasteiger partial charge in [0.1, 0.15) is 0 Å². The first-order chi connectivity index (χ1) is 14.2. The number of alkyl halides is 3. The van der Waals surface area contributed by atoms with Gasteiger partial charge >= 0.3 is 6.18 Å². The fourth-order valence-electron chi connectivity index (χ4n) is 3.27. The average molecular weight is 419 g/mol. The number of halogens is 3. The highest BCUT2D eigenvalue weighted by Crippen LogP contribution is 2.51. The van der Waals surface area contributed by atoms with E-state index in [1.165, 1.54) is 24.3 Å². The molecule has 0 spiro atoms. The number of nitrogens with two attached hydrogens (primary N) is 1. The minimum atomic E-state index is -4.45. The lowest BCUT2D eigenvalue weighted by atomic mass is 10.0. The van der Waals surface area contributed by atoms with Crippen molar-refractivity contribution in [2.45, 2.75) is 25.1 Å². The third-order valence-electron chi connectivity index (χ3n) is 4.90. The molecule has 0 saturated heterocycles. The van der Waals surface area contributed by atoms with E-state index in [1.54, 1.807) is 18.2 Å². The van der Waals surface area contributed by atoms with Crippen molar-refractivity contribution in [3.8, 4) is 0 Å². The molecule has 0 aromatic heterocycles. The summed E-state index contributed by atoms with van der Waals surface area (Å²) in [6.07, 6.45) is -4.08. The van der Waals surface area contributed by atoms with E-state index in [4.69, 9.17) is 5.73 Å². The van der Waals surface area contributed by atoms with Crippen molar-refractivity contribution in [3.63, 3.8) is 0 Å². The normalized spacial score (nSPS) is 17.8. The summed E-state index contributed by atoms with van der Waals surface area (Å²) in [4.78, 5) is 34.9. The zero-order valence-corrected chi connectivity index (χ0v) is 15.8. The van der Waals surface area contributed by atoms with Gasteiger partial charge < -0.3 is 16.4 Å². The summed E-state index contributed by atoms with van der Waals surface area (Å²) >= 11 is 0. The first-order valence-electron chi connectivity index (χ1n) is 9.26. The van der Waals surface area contributed by atoms with Gasteiger partial charge in [0, 0.05) is 18.0 Å². The largest absolute Gasteiger partial charge is 0.416 e. The number of carbonyl (C=O) groups excluding carboxylic acids is 3. The molecule has 0 bridgehead atoms. The van der Waals surface area contributed by atoms with Crippen LogP contribution < -0.4 is 16.4 Å². The van der Waals surface area contributed by atoms with Gasteiger partial charge in [-0.25, -0.2) is 0 Å². The SMILES string of the molecule is NC(=O)CNC(=O)c1ccc(CNC(=O)C2CC2c2ccccc2C(F)(F)F)cc1. The van der Waals surface area contributed by atoms with E-state index in [2.05, 4.69) is 10.6 Å². The minimum Gasteiger partial charge on any atom is -0.368 e. The highest BCUT2D eigenvalue weighted by atomic mass is 19.4. The van der Waals surface area contributed by atoms with Gasteiger partial charge in [0.2, 0.25) is 11.8 Å². The van der Waals surface area contributed by atoms with E-state index in [-0.39, 0.29) is 24.6 Å². The summed E-state index contributed by atoms with van der Waals surface area (Å²) < 4.78 is 39.5. The number of primary amides is 1. The summed E-state index contributed by atoms with van der Waals surface area (Å²) in [6, 6.07) is 11.7. The van der Waals surface area contributed by atoms with E-state index < -0.39 is 35.4 Å². The Kier molecular flexibility index (Phi) is 6.09. The van der Waals surface area contributed by atoms with Crippen LogP contribution in [0.15, 0.2) is 48.5 Å². The summed E-state index contributed by atoms with van der Waals surface area (Å²) in [5.41, 5.74) is 5.47. The molecule has 2 aromatic rings. The second-order valence-electron chi connectivity index (χ2n) is 7.10. The van der Waals surface area contributed by atoms with Gasteiger partial charge in [-0.2, -0.15) is 13.2 Å². The molecule has 30 heavy (non-hydrogen) atoms. The molecule has 2 unspecified atom stereocenters. The fraction of sp³-hybridized carbons (Fsp3) is 0.286. The Labute approximate surface area is 170 Å². The molecular weight excluding hydrogens is 399 g/mol. The van der Waals surface area contributed by atoms with Crippen molar-refractivity contribution in [2.75, 3.05) is 6.54 Å². The summed E-state index contributed by atoms with van der Waals surface area (Å²) in [5.74, 6) is -2.35. The van der Waals surface area contributed by atoms with E-state index in [0.29, 0.717) is 12.0 Å². The van der Waals surface area contributed by atoms with Gasteiger partial charge in [-0.15, -0.1) is 0 Å². The maximum Gasteiger partial charge on any atom is 0.416 e. The first-order valence-corrected chi connectivity index (χ1v) is 9.26. The Balaban J connectivity index is 1.54. The van der Waals surface area contributed by atoms with Gasteiger partial charge in [0.05, 0.1) is 12.1 Å². The third-order valence-corrected chi connectivity index (χ3v) is 4.90. The molecule has 9 heteroatoms. The summed E-state index contributed by atoms with van der Waals surface area (Å²) in [6.45, 7) is -0.0805. The highest BCUT2D eigenvalue weighted by Gasteiger charge is 2.47. The minimum absolute atomic E-state index is 0.150. The molecule has 1 fully saturated rings. The van der Waals surface area contributed by atoms with E-state index in [9.17, 15) is 27.6 Å². The maximum atomic E-state index is 13.2. The highest BCUT2D eigenvalue weighted by molar-refractivity contribution is 5.96. The molecule has 0 radical (unpaired) electrons. The summed E-state index contributed by atoms with van der Waals surface area (Å²) in [5, 5.41) is 5.09. The zero-order chi connectivity index (χ0) is 21.9. The molecule has 158 valence electrons. The predicted octanol–water partition coefficient (Wildman–Crippen LogP) is 2.34. The standard InChI is InChI=1S/C21H20F3N3O3/c22-21(23,24)17-4-2-1-3-14(17)15-9-16(15)20(30)26-10-12-5-7-13(8-6-12)19(29)27-11-18(25)28/h1-8,15-16H,9-11H2,(H2,25,28)(H,26,30)(H,27,29). The van der Waals surface area contributed by atoms with Crippen molar-refractivity contribution in [3.05, 3.63) is 70.8 Å². The van der Waals surface area contributed by atoms with Crippen molar-refractivity contribution in [1.29, 1.82) is 0 Å². The average Bonchev–Trinajstić information content (AvgIpc) is 3.51. The van der Waals surface area contributed by atoms with Crippen LogP contribution in [0.3, 0.4) is 0 Å². The van der Waals surface area contributed by atoms with Crippen LogP contribution in [0.4, 0.5) is 13.2 Å². The lowest BCUT2D eigenvalue weighted by molar-refractivity contribution is -0.138. The van der Waals surface area contributed by atoms with Gasteiger partial charge in [0.15, 0.2) is 0 Å².